The number of nitrogens with zero attached hydrogens (tertiary/aromatic N) is 3. The first-order chi connectivity index (χ1) is 35.9. The van der Waals surface area contributed by atoms with E-state index >= 15 is 0 Å². The van der Waals surface area contributed by atoms with Crippen LogP contribution < -0.4 is 10.6 Å². The van der Waals surface area contributed by atoms with E-state index in [9.17, 15) is 33.2 Å². The molecule has 1 saturated heterocycles. The van der Waals surface area contributed by atoms with E-state index in [0.717, 1.165) is 35.1 Å². The molecule has 1 saturated carbocycles. The van der Waals surface area contributed by atoms with Crippen LogP contribution in [-0.4, -0.2) is 140 Å². The third-order valence-corrected chi connectivity index (χ3v) is 16.0. The minimum atomic E-state index is -1.20. The molecule has 0 aromatic heterocycles. The van der Waals surface area contributed by atoms with Gasteiger partial charge in [-0.1, -0.05) is 122 Å². The van der Waals surface area contributed by atoms with Gasteiger partial charge in [0.05, 0.1) is 36.6 Å². The summed E-state index contributed by atoms with van der Waals surface area (Å²) in [6, 6.07) is 17.9. The maximum absolute atomic E-state index is 14.9. The van der Waals surface area contributed by atoms with Crippen LogP contribution in [0.3, 0.4) is 0 Å². The van der Waals surface area contributed by atoms with Gasteiger partial charge >= 0.3 is 12.1 Å². The predicted octanol–water partition coefficient (Wildman–Crippen LogP) is 8.55. The van der Waals surface area contributed by atoms with E-state index in [-0.39, 0.29) is 65.9 Å². The second-order valence-electron chi connectivity index (χ2n) is 23.3. The Bertz CT molecular complexity index is 2500. The van der Waals surface area contributed by atoms with Crippen molar-refractivity contribution in [3.05, 3.63) is 95.3 Å². The summed E-state index contributed by atoms with van der Waals surface area (Å²) < 4.78 is 38.8. The number of esters is 1. The van der Waals surface area contributed by atoms with Crippen LogP contribution >= 0.6 is 0 Å². The lowest BCUT2D eigenvalue weighted by molar-refractivity contribution is -0.159. The number of likely N-dealkylation sites (N-methyl/N-ethyl adjacent to an activating group) is 2. The quantitative estimate of drug-likeness (QED) is 0.0877. The van der Waals surface area contributed by atoms with E-state index in [0.29, 0.717) is 19.4 Å². The Morgan fingerprint density at radius 1 is 0.789 bits per heavy atom. The van der Waals surface area contributed by atoms with Crippen LogP contribution in [-0.2, 0) is 49.3 Å². The molecule has 0 radical (unpaired) electrons. The molecule has 2 N–H and O–H groups in total. The molecular weight excluding hydrogens is 970 g/mol. The molecule has 9 atom stereocenters. The standard InChI is InChI=1S/C60H84FN5O10/c1-15-37(6)52(64(11)56(70)50(35(2)3)63-55(69)51(36(4)5)65(12)58(72)75-33-44-42-25-19-17-23-40(42)41-24-18-20-26-43(41)44)48(73-13)31-49(67)66-34-60(28-29-60)32-47(66)53(74-14)38(7)54(68)62-46(57(71)76-59(8,9)10)30-39-22-16-21-27-45(39)61/h16-27,35-38,44,46-48,50-53H,15,28-34H2,1-14H3,(H,62,68)(H,63,69)/t37-,38+,46?,47-,48+,50-,51-,52?,53+/m0/s1. The number of methoxy groups -OCH3 is 2. The van der Waals surface area contributed by atoms with Gasteiger partial charge in [-0.05, 0) is 97.1 Å². The van der Waals surface area contributed by atoms with E-state index in [1.165, 1.54) is 25.2 Å². The SMILES string of the molecule is CC[C@H](C)C([C@@H](CC(=O)N1CC2(CC2)C[C@H]1[C@H](OC)[C@@H](C)C(=O)NC(Cc1ccccc1F)C(=O)OC(C)(C)C)OC)N(C)C(=O)[C@@H](NC(=O)[C@H](C(C)C)N(C)C(=O)OCC1c2ccccc2-c2ccccc21)C(C)C. The van der Waals surface area contributed by atoms with Crippen LogP contribution in [0.4, 0.5) is 9.18 Å². The number of hydrogen-bond donors (Lipinski definition) is 2. The Balaban J connectivity index is 1.15. The molecule has 15 nitrogen and oxygen atoms in total. The molecule has 0 bridgehead atoms. The predicted molar refractivity (Wildman–Crippen MR) is 289 cm³/mol. The Kier molecular flexibility index (Phi) is 19.6. The number of carbonyl (C=O) groups excluding carboxylic acids is 6. The maximum atomic E-state index is 14.9. The number of fused-ring (bicyclic) bond motifs is 3. The van der Waals surface area contributed by atoms with E-state index in [2.05, 4.69) is 22.8 Å². The molecule has 76 heavy (non-hydrogen) atoms. The summed E-state index contributed by atoms with van der Waals surface area (Å²) in [5, 5.41) is 5.84. The number of benzene rings is 3. The summed E-state index contributed by atoms with van der Waals surface area (Å²) in [6.07, 6.45) is 0.648. The molecule has 16 heteroatoms. The number of likely N-dealkylation sites (tertiary alicyclic amines) is 1. The normalized spacial score (nSPS) is 18.9. The van der Waals surface area contributed by atoms with Crippen molar-refractivity contribution in [1.29, 1.82) is 0 Å². The zero-order chi connectivity index (χ0) is 56.0. The zero-order valence-corrected chi connectivity index (χ0v) is 47.3. The molecule has 2 fully saturated rings. The topological polar surface area (TPSA) is 173 Å². The van der Waals surface area contributed by atoms with Crippen LogP contribution in [0.2, 0.25) is 0 Å². The lowest BCUT2D eigenvalue weighted by atomic mass is 9.89. The van der Waals surface area contributed by atoms with E-state index in [1.54, 1.807) is 69.8 Å². The second kappa shape index (κ2) is 25.1. The lowest BCUT2D eigenvalue weighted by Gasteiger charge is -2.41. The summed E-state index contributed by atoms with van der Waals surface area (Å²) >= 11 is 0. The van der Waals surface area contributed by atoms with Crippen molar-refractivity contribution in [2.24, 2.45) is 29.1 Å². The van der Waals surface area contributed by atoms with Gasteiger partial charge in [0.2, 0.25) is 23.6 Å². The number of amides is 5. The molecule has 2 aliphatic carbocycles. The van der Waals surface area contributed by atoms with E-state index < -0.39 is 83.6 Å². The minimum Gasteiger partial charge on any atom is -0.458 e. The van der Waals surface area contributed by atoms with Crippen molar-refractivity contribution in [2.45, 2.75) is 162 Å². The van der Waals surface area contributed by atoms with Crippen molar-refractivity contribution in [3.63, 3.8) is 0 Å². The fourth-order valence-corrected chi connectivity index (χ4v) is 11.5. The molecule has 416 valence electrons. The van der Waals surface area contributed by atoms with Crippen LogP contribution in [0.15, 0.2) is 72.8 Å². The van der Waals surface area contributed by atoms with Gasteiger partial charge in [-0.3, -0.25) is 24.1 Å². The molecule has 1 aliphatic heterocycles. The molecule has 3 aliphatic rings. The van der Waals surface area contributed by atoms with Crippen molar-refractivity contribution in [2.75, 3.05) is 41.5 Å². The van der Waals surface area contributed by atoms with Crippen LogP contribution in [0.1, 0.15) is 124 Å². The van der Waals surface area contributed by atoms with Gasteiger partial charge in [0, 0.05) is 47.2 Å². The van der Waals surface area contributed by atoms with Gasteiger partial charge in [-0.25, -0.2) is 14.0 Å². The fraction of sp³-hybridized carbons (Fsp3) is 0.600. The van der Waals surface area contributed by atoms with Gasteiger partial charge in [-0.15, -0.1) is 0 Å². The average Bonchev–Trinajstić information content (AvgIpc) is 3.92. The van der Waals surface area contributed by atoms with Crippen LogP contribution in [0, 0.1) is 34.9 Å². The van der Waals surface area contributed by atoms with Gasteiger partial charge in [-0.2, -0.15) is 0 Å². The van der Waals surface area contributed by atoms with Gasteiger partial charge in [0.15, 0.2) is 0 Å². The van der Waals surface area contributed by atoms with Crippen molar-refractivity contribution < 1.29 is 52.1 Å². The number of halogens is 1. The maximum Gasteiger partial charge on any atom is 0.410 e. The summed E-state index contributed by atoms with van der Waals surface area (Å²) in [7, 11) is 6.25. The Hall–Kier alpha value is -5.87. The number of ether oxygens (including phenoxy) is 4. The summed E-state index contributed by atoms with van der Waals surface area (Å²) in [5.74, 6) is -4.69. The highest BCUT2D eigenvalue weighted by atomic mass is 19.1. The first-order valence-electron chi connectivity index (χ1n) is 27.1. The smallest absolute Gasteiger partial charge is 0.410 e. The number of hydrogen-bond acceptors (Lipinski definition) is 10. The molecule has 3 aromatic carbocycles. The number of nitrogens with one attached hydrogen (secondary N) is 2. The highest BCUT2D eigenvalue weighted by molar-refractivity contribution is 5.92. The van der Waals surface area contributed by atoms with Crippen LogP contribution in [0.5, 0.6) is 0 Å². The van der Waals surface area contributed by atoms with Crippen LogP contribution in [0.25, 0.3) is 11.1 Å². The van der Waals surface area contributed by atoms with Gasteiger partial charge in [0.25, 0.3) is 0 Å². The highest BCUT2D eigenvalue weighted by Crippen LogP contribution is 2.56. The Morgan fingerprint density at radius 2 is 1.38 bits per heavy atom. The molecule has 1 heterocycles. The summed E-state index contributed by atoms with van der Waals surface area (Å²) in [6.45, 7) is 18.8. The second-order valence-corrected chi connectivity index (χ2v) is 23.3. The molecular formula is C60H84FN5O10. The number of rotatable bonds is 23. The van der Waals surface area contributed by atoms with Crippen molar-refractivity contribution >= 4 is 35.7 Å². The van der Waals surface area contributed by atoms with Crippen molar-refractivity contribution in [1.82, 2.24) is 25.3 Å². The fourth-order valence-electron chi connectivity index (χ4n) is 11.5. The lowest BCUT2D eigenvalue weighted by Crippen LogP contribution is -2.60. The largest absolute Gasteiger partial charge is 0.458 e. The minimum absolute atomic E-state index is 0.0850. The van der Waals surface area contributed by atoms with Crippen molar-refractivity contribution in [3.8, 4) is 11.1 Å². The monoisotopic (exact) mass is 1050 g/mol. The summed E-state index contributed by atoms with van der Waals surface area (Å²) in [5.41, 5.74) is 3.60. The Morgan fingerprint density at radius 3 is 1.91 bits per heavy atom. The number of carbonyl (C=O) groups is 6. The third kappa shape index (κ3) is 13.6. The molecule has 1 spiro atoms. The van der Waals surface area contributed by atoms with Gasteiger partial charge in [0.1, 0.15) is 36.2 Å². The zero-order valence-electron chi connectivity index (χ0n) is 47.3. The van der Waals surface area contributed by atoms with E-state index in [1.807, 2.05) is 77.9 Å². The first kappa shape index (κ1) is 59.4. The summed E-state index contributed by atoms with van der Waals surface area (Å²) in [4.78, 5) is 90.4. The van der Waals surface area contributed by atoms with Gasteiger partial charge < -0.3 is 39.4 Å². The first-order valence-corrected chi connectivity index (χ1v) is 27.1. The average molecular weight is 1050 g/mol. The third-order valence-electron chi connectivity index (χ3n) is 16.0. The molecule has 5 amide bonds. The van der Waals surface area contributed by atoms with E-state index in [4.69, 9.17) is 18.9 Å². The highest BCUT2D eigenvalue weighted by Gasteiger charge is 2.56. The molecule has 2 unspecified atom stereocenters. The molecule has 6 rings (SSSR count). The molecule has 3 aromatic rings. The Labute approximate surface area is 450 Å².